The van der Waals surface area contributed by atoms with Gasteiger partial charge in [-0.05, 0) is 37.4 Å². The predicted molar refractivity (Wildman–Crippen MR) is 66.9 cm³/mol. The Morgan fingerprint density at radius 2 is 1.94 bits per heavy atom. The van der Waals surface area contributed by atoms with E-state index in [-0.39, 0.29) is 0 Å². The smallest absolute Gasteiger partial charge is 0.229 e. The van der Waals surface area contributed by atoms with Crippen molar-refractivity contribution in [1.82, 2.24) is 0 Å². The Hall–Kier alpha value is -1.07. The van der Waals surface area contributed by atoms with Crippen molar-refractivity contribution in [2.75, 3.05) is 17.5 Å². The van der Waals surface area contributed by atoms with Crippen LogP contribution in [-0.2, 0) is 16.4 Å². The Morgan fingerprint density at radius 3 is 2.56 bits per heavy atom. The molecule has 3 N–H and O–H groups in total. The first-order chi connectivity index (χ1) is 7.53. The maximum atomic E-state index is 11.2. The summed E-state index contributed by atoms with van der Waals surface area (Å²) in [6, 6.07) is 7.44. The summed E-state index contributed by atoms with van der Waals surface area (Å²) in [7, 11) is -3.20. The van der Waals surface area contributed by atoms with Gasteiger partial charge in [0.15, 0.2) is 0 Å². The van der Waals surface area contributed by atoms with Gasteiger partial charge in [-0.15, -0.1) is 0 Å². The van der Waals surface area contributed by atoms with Crippen LogP contribution in [0.25, 0.3) is 0 Å². The number of hydrogen-bond acceptors (Lipinski definition) is 3. The minimum Gasteiger partial charge on any atom is -0.330 e. The lowest BCUT2D eigenvalue weighted by Crippen LogP contribution is -2.11. The maximum absolute atomic E-state index is 11.2. The molecule has 1 aromatic rings. The fraction of sp³-hybridized carbons (Fsp3) is 0.455. The fourth-order valence-corrected chi connectivity index (χ4v) is 2.10. The fourth-order valence-electron chi connectivity index (χ4n) is 1.50. The SMILES string of the molecule is CS(=O)(=O)Nc1ccccc1CCCCN. The summed E-state index contributed by atoms with van der Waals surface area (Å²) < 4.78 is 24.8. The number of rotatable bonds is 6. The topological polar surface area (TPSA) is 72.2 Å². The van der Waals surface area contributed by atoms with E-state index in [1.54, 1.807) is 6.07 Å². The van der Waals surface area contributed by atoms with E-state index in [1.807, 2.05) is 18.2 Å². The van der Waals surface area contributed by atoms with Crippen LogP contribution in [0.4, 0.5) is 5.69 Å². The summed E-state index contributed by atoms with van der Waals surface area (Å²) >= 11 is 0. The van der Waals surface area contributed by atoms with E-state index in [4.69, 9.17) is 5.73 Å². The summed E-state index contributed by atoms with van der Waals surface area (Å²) in [6.07, 6.45) is 3.92. The molecule has 0 saturated heterocycles. The van der Waals surface area contributed by atoms with Crippen molar-refractivity contribution < 1.29 is 8.42 Å². The first-order valence-corrected chi connectivity index (χ1v) is 7.18. The number of nitrogens with one attached hydrogen (secondary N) is 1. The Bertz CT molecular complexity index is 429. The zero-order valence-corrected chi connectivity index (χ0v) is 10.3. The lowest BCUT2D eigenvalue weighted by atomic mass is 10.1. The second-order valence-electron chi connectivity index (χ2n) is 3.78. The lowest BCUT2D eigenvalue weighted by Gasteiger charge is -2.10. The van der Waals surface area contributed by atoms with Crippen molar-refractivity contribution in [2.24, 2.45) is 5.73 Å². The average Bonchev–Trinajstić information content (AvgIpc) is 2.19. The van der Waals surface area contributed by atoms with Crippen LogP contribution in [0.2, 0.25) is 0 Å². The van der Waals surface area contributed by atoms with E-state index >= 15 is 0 Å². The van der Waals surface area contributed by atoms with Crippen LogP contribution >= 0.6 is 0 Å². The van der Waals surface area contributed by atoms with Gasteiger partial charge in [-0.1, -0.05) is 18.2 Å². The van der Waals surface area contributed by atoms with Crippen LogP contribution in [0.3, 0.4) is 0 Å². The van der Waals surface area contributed by atoms with Crippen LogP contribution in [0, 0.1) is 0 Å². The lowest BCUT2D eigenvalue weighted by molar-refractivity contribution is 0.606. The molecule has 4 nitrogen and oxygen atoms in total. The third kappa shape index (κ3) is 4.63. The molecule has 0 atom stereocenters. The molecule has 0 bridgehead atoms. The van der Waals surface area contributed by atoms with Gasteiger partial charge in [0, 0.05) is 0 Å². The molecular weight excluding hydrogens is 224 g/mol. The standard InChI is InChI=1S/C11H18N2O2S/c1-16(14,15)13-11-8-3-2-6-10(11)7-4-5-9-12/h2-3,6,8,13H,4-5,7,9,12H2,1H3. The Balaban J connectivity index is 2.75. The zero-order valence-electron chi connectivity index (χ0n) is 9.44. The van der Waals surface area contributed by atoms with Crippen LogP contribution in [0.5, 0.6) is 0 Å². The molecule has 0 saturated carbocycles. The van der Waals surface area contributed by atoms with Gasteiger partial charge in [0.25, 0.3) is 0 Å². The van der Waals surface area contributed by atoms with Crippen LogP contribution in [-0.4, -0.2) is 21.2 Å². The first-order valence-electron chi connectivity index (χ1n) is 5.28. The maximum Gasteiger partial charge on any atom is 0.229 e. The highest BCUT2D eigenvalue weighted by atomic mass is 32.2. The number of anilines is 1. The minimum atomic E-state index is -3.20. The Labute approximate surface area is 96.9 Å². The van der Waals surface area contributed by atoms with Crippen LogP contribution < -0.4 is 10.5 Å². The third-order valence-corrected chi connectivity index (χ3v) is 2.80. The quantitative estimate of drug-likeness (QED) is 0.739. The van der Waals surface area contributed by atoms with Crippen molar-refractivity contribution in [3.05, 3.63) is 29.8 Å². The molecule has 0 spiro atoms. The third-order valence-electron chi connectivity index (χ3n) is 2.21. The molecule has 90 valence electrons. The molecule has 0 aliphatic rings. The molecule has 5 heteroatoms. The van der Waals surface area contributed by atoms with E-state index in [1.165, 1.54) is 0 Å². The van der Waals surface area contributed by atoms with Gasteiger partial charge in [0.2, 0.25) is 10.0 Å². The van der Waals surface area contributed by atoms with E-state index in [0.717, 1.165) is 31.1 Å². The highest BCUT2D eigenvalue weighted by Gasteiger charge is 2.06. The summed E-state index contributed by atoms with van der Waals surface area (Å²) in [4.78, 5) is 0. The Kier molecular flexibility index (Phi) is 4.76. The number of sulfonamides is 1. The largest absolute Gasteiger partial charge is 0.330 e. The second-order valence-corrected chi connectivity index (χ2v) is 5.53. The Morgan fingerprint density at radius 1 is 1.25 bits per heavy atom. The average molecular weight is 242 g/mol. The van der Waals surface area contributed by atoms with Gasteiger partial charge in [-0.25, -0.2) is 8.42 Å². The van der Waals surface area contributed by atoms with Crippen molar-refractivity contribution >= 4 is 15.7 Å². The highest BCUT2D eigenvalue weighted by molar-refractivity contribution is 7.92. The zero-order chi connectivity index (χ0) is 12.0. The minimum absolute atomic E-state index is 0.668. The molecule has 0 unspecified atom stereocenters. The monoisotopic (exact) mass is 242 g/mol. The van der Waals surface area contributed by atoms with Gasteiger partial charge in [0.05, 0.1) is 11.9 Å². The normalized spacial score (nSPS) is 11.4. The second kappa shape index (κ2) is 5.86. The van der Waals surface area contributed by atoms with Crippen LogP contribution in [0.1, 0.15) is 18.4 Å². The first kappa shape index (κ1) is 13.0. The van der Waals surface area contributed by atoms with Gasteiger partial charge < -0.3 is 5.73 Å². The summed E-state index contributed by atoms with van der Waals surface area (Å²) in [6.45, 7) is 0.668. The number of aryl methyl sites for hydroxylation is 1. The molecule has 0 fully saturated rings. The molecule has 0 radical (unpaired) electrons. The molecule has 0 aromatic heterocycles. The summed E-state index contributed by atoms with van der Waals surface area (Å²) in [5.41, 5.74) is 7.10. The van der Waals surface area contributed by atoms with E-state index < -0.39 is 10.0 Å². The van der Waals surface area contributed by atoms with Crippen molar-refractivity contribution in [1.29, 1.82) is 0 Å². The number of unbranched alkanes of at least 4 members (excludes halogenated alkanes) is 1. The molecule has 1 rings (SSSR count). The molecule has 16 heavy (non-hydrogen) atoms. The van der Waals surface area contributed by atoms with Crippen molar-refractivity contribution in [3.63, 3.8) is 0 Å². The highest BCUT2D eigenvalue weighted by Crippen LogP contribution is 2.18. The predicted octanol–water partition coefficient (Wildman–Crippen LogP) is 1.34. The van der Waals surface area contributed by atoms with E-state index in [2.05, 4.69) is 4.72 Å². The van der Waals surface area contributed by atoms with Crippen molar-refractivity contribution in [3.8, 4) is 0 Å². The number of nitrogens with two attached hydrogens (primary N) is 1. The van der Waals surface area contributed by atoms with Gasteiger partial charge in [0.1, 0.15) is 0 Å². The summed E-state index contributed by atoms with van der Waals surface area (Å²) in [5, 5.41) is 0. The number of benzene rings is 1. The van der Waals surface area contributed by atoms with E-state index in [9.17, 15) is 8.42 Å². The van der Waals surface area contributed by atoms with Gasteiger partial charge in [-0.2, -0.15) is 0 Å². The van der Waals surface area contributed by atoms with Crippen molar-refractivity contribution in [2.45, 2.75) is 19.3 Å². The molecule has 0 heterocycles. The number of para-hydroxylation sites is 1. The molecule has 0 amide bonds. The molecule has 0 aliphatic heterocycles. The summed E-state index contributed by atoms with van der Waals surface area (Å²) in [5.74, 6) is 0. The van der Waals surface area contributed by atoms with Crippen LogP contribution in [0.15, 0.2) is 24.3 Å². The van der Waals surface area contributed by atoms with Gasteiger partial charge in [-0.3, -0.25) is 4.72 Å². The molecular formula is C11H18N2O2S. The number of hydrogen-bond donors (Lipinski definition) is 2. The molecule has 1 aromatic carbocycles. The molecule has 0 aliphatic carbocycles. The van der Waals surface area contributed by atoms with E-state index in [0.29, 0.717) is 12.2 Å². The van der Waals surface area contributed by atoms with Gasteiger partial charge >= 0.3 is 0 Å².